The van der Waals surface area contributed by atoms with Crippen molar-refractivity contribution in [1.82, 2.24) is 4.90 Å². The summed E-state index contributed by atoms with van der Waals surface area (Å²) >= 11 is 3.54. The number of hydrogen-bond donors (Lipinski definition) is 1. The summed E-state index contributed by atoms with van der Waals surface area (Å²) in [6, 6.07) is 6.36. The minimum atomic E-state index is 1.01. The Balaban J connectivity index is 2.40. The standard InChI is InChI=1S/C12H19BrN2/c1-10-5-6-11(13)12(9-10)14-7-4-8-15(2)3/h5-6,9,14H,4,7-8H2,1-3H3. The summed E-state index contributed by atoms with van der Waals surface area (Å²) in [5.41, 5.74) is 2.47. The molecule has 15 heavy (non-hydrogen) atoms. The fourth-order valence-corrected chi connectivity index (χ4v) is 1.78. The second-order valence-corrected chi connectivity index (χ2v) is 4.92. The zero-order chi connectivity index (χ0) is 11.3. The normalized spacial score (nSPS) is 10.7. The maximum atomic E-state index is 3.54. The topological polar surface area (TPSA) is 15.3 Å². The van der Waals surface area contributed by atoms with Gasteiger partial charge in [0.2, 0.25) is 0 Å². The molecule has 0 atom stereocenters. The summed E-state index contributed by atoms with van der Waals surface area (Å²) in [5.74, 6) is 0. The fraction of sp³-hybridized carbons (Fsp3) is 0.500. The van der Waals surface area contributed by atoms with E-state index in [-0.39, 0.29) is 0 Å². The summed E-state index contributed by atoms with van der Waals surface area (Å²) in [4.78, 5) is 2.20. The van der Waals surface area contributed by atoms with Crippen LogP contribution in [0.15, 0.2) is 22.7 Å². The van der Waals surface area contributed by atoms with E-state index in [1.165, 1.54) is 11.3 Å². The monoisotopic (exact) mass is 270 g/mol. The third kappa shape index (κ3) is 4.67. The first kappa shape index (κ1) is 12.5. The fourth-order valence-electron chi connectivity index (χ4n) is 1.39. The molecule has 1 rings (SSSR count). The van der Waals surface area contributed by atoms with Crippen LogP contribution >= 0.6 is 15.9 Å². The van der Waals surface area contributed by atoms with Gasteiger partial charge in [0.1, 0.15) is 0 Å². The highest BCUT2D eigenvalue weighted by atomic mass is 79.9. The predicted molar refractivity (Wildman–Crippen MR) is 70.5 cm³/mol. The van der Waals surface area contributed by atoms with E-state index in [9.17, 15) is 0 Å². The van der Waals surface area contributed by atoms with Gasteiger partial charge in [0.05, 0.1) is 0 Å². The first-order valence-corrected chi connectivity index (χ1v) is 6.03. The van der Waals surface area contributed by atoms with Crippen molar-refractivity contribution < 1.29 is 0 Å². The van der Waals surface area contributed by atoms with Gasteiger partial charge in [-0.1, -0.05) is 6.07 Å². The van der Waals surface area contributed by atoms with E-state index >= 15 is 0 Å². The molecule has 0 aromatic heterocycles. The van der Waals surface area contributed by atoms with Crippen molar-refractivity contribution in [3.05, 3.63) is 28.2 Å². The van der Waals surface area contributed by atoms with Crippen LogP contribution in [0.5, 0.6) is 0 Å². The quantitative estimate of drug-likeness (QED) is 0.828. The van der Waals surface area contributed by atoms with Gasteiger partial charge in [0.15, 0.2) is 0 Å². The van der Waals surface area contributed by atoms with Crippen molar-refractivity contribution in [3.8, 4) is 0 Å². The molecule has 0 aliphatic carbocycles. The highest BCUT2D eigenvalue weighted by molar-refractivity contribution is 9.10. The maximum Gasteiger partial charge on any atom is 0.0487 e. The number of rotatable bonds is 5. The summed E-state index contributed by atoms with van der Waals surface area (Å²) in [6.07, 6.45) is 1.16. The van der Waals surface area contributed by atoms with Gasteiger partial charge >= 0.3 is 0 Å². The van der Waals surface area contributed by atoms with Crippen molar-refractivity contribution in [1.29, 1.82) is 0 Å². The molecule has 3 heteroatoms. The second-order valence-electron chi connectivity index (χ2n) is 4.07. The lowest BCUT2D eigenvalue weighted by atomic mass is 10.2. The van der Waals surface area contributed by atoms with Gasteiger partial charge in [0, 0.05) is 16.7 Å². The Morgan fingerprint density at radius 3 is 2.73 bits per heavy atom. The summed E-state index contributed by atoms with van der Waals surface area (Å²) in [5, 5.41) is 3.44. The van der Waals surface area contributed by atoms with Crippen LogP contribution in [0.25, 0.3) is 0 Å². The molecule has 0 aliphatic heterocycles. The van der Waals surface area contributed by atoms with Crippen LogP contribution in [0.2, 0.25) is 0 Å². The molecule has 1 N–H and O–H groups in total. The molecule has 0 fully saturated rings. The number of nitrogens with zero attached hydrogens (tertiary/aromatic N) is 1. The van der Waals surface area contributed by atoms with Gasteiger partial charge in [-0.15, -0.1) is 0 Å². The summed E-state index contributed by atoms with van der Waals surface area (Å²) in [7, 11) is 4.20. The van der Waals surface area contributed by atoms with Crippen molar-refractivity contribution in [3.63, 3.8) is 0 Å². The van der Waals surface area contributed by atoms with Crippen LogP contribution in [0.4, 0.5) is 5.69 Å². The van der Waals surface area contributed by atoms with Crippen LogP contribution < -0.4 is 5.32 Å². The minimum Gasteiger partial charge on any atom is -0.384 e. The second kappa shape index (κ2) is 6.13. The summed E-state index contributed by atoms with van der Waals surface area (Å²) in [6.45, 7) is 4.24. The van der Waals surface area contributed by atoms with E-state index in [0.29, 0.717) is 0 Å². The average molecular weight is 271 g/mol. The van der Waals surface area contributed by atoms with E-state index in [1.54, 1.807) is 0 Å². The lowest BCUT2D eigenvalue weighted by Gasteiger charge is -2.12. The Morgan fingerprint density at radius 2 is 2.07 bits per heavy atom. The molecular formula is C12H19BrN2. The molecule has 0 radical (unpaired) electrons. The van der Waals surface area contributed by atoms with Crippen LogP contribution in [0.1, 0.15) is 12.0 Å². The predicted octanol–water partition coefficient (Wildman–Crippen LogP) is 3.12. The van der Waals surface area contributed by atoms with Crippen LogP contribution in [-0.2, 0) is 0 Å². The first-order chi connectivity index (χ1) is 7.09. The molecule has 2 nitrogen and oxygen atoms in total. The number of aryl methyl sites for hydroxylation is 1. The molecule has 0 unspecified atom stereocenters. The van der Waals surface area contributed by atoms with Gasteiger partial charge in [-0.3, -0.25) is 0 Å². The number of hydrogen-bond acceptors (Lipinski definition) is 2. The number of nitrogens with one attached hydrogen (secondary N) is 1. The molecule has 84 valence electrons. The summed E-state index contributed by atoms with van der Waals surface area (Å²) < 4.78 is 1.14. The van der Waals surface area contributed by atoms with E-state index in [1.807, 2.05) is 0 Å². The molecule has 1 aromatic rings. The maximum absolute atomic E-state index is 3.54. The molecule has 0 saturated heterocycles. The van der Waals surface area contributed by atoms with Gasteiger partial charge in [-0.05, 0) is 67.6 Å². The van der Waals surface area contributed by atoms with Crippen molar-refractivity contribution >= 4 is 21.6 Å². The van der Waals surface area contributed by atoms with Gasteiger partial charge in [0.25, 0.3) is 0 Å². The largest absolute Gasteiger partial charge is 0.384 e. The number of halogens is 1. The van der Waals surface area contributed by atoms with Crippen LogP contribution in [0, 0.1) is 6.92 Å². The Morgan fingerprint density at radius 1 is 1.33 bits per heavy atom. The molecule has 0 amide bonds. The Bertz CT molecular complexity index is 310. The van der Waals surface area contributed by atoms with Gasteiger partial charge in [-0.2, -0.15) is 0 Å². The Kier molecular flexibility index (Phi) is 5.12. The Labute approximate surface area is 101 Å². The van der Waals surface area contributed by atoms with E-state index in [0.717, 1.165) is 24.0 Å². The van der Waals surface area contributed by atoms with Gasteiger partial charge < -0.3 is 10.2 Å². The zero-order valence-corrected chi connectivity index (χ0v) is 11.3. The smallest absolute Gasteiger partial charge is 0.0487 e. The third-order valence-electron chi connectivity index (χ3n) is 2.22. The van der Waals surface area contributed by atoms with Crippen molar-refractivity contribution in [2.24, 2.45) is 0 Å². The van der Waals surface area contributed by atoms with E-state index < -0.39 is 0 Å². The van der Waals surface area contributed by atoms with Crippen molar-refractivity contribution in [2.45, 2.75) is 13.3 Å². The average Bonchev–Trinajstić information content (AvgIpc) is 2.17. The van der Waals surface area contributed by atoms with Gasteiger partial charge in [-0.25, -0.2) is 0 Å². The minimum absolute atomic E-state index is 1.01. The van der Waals surface area contributed by atoms with E-state index in [4.69, 9.17) is 0 Å². The SMILES string of the molecule is Cc1ccc(Br)c(NCCCN(C)C)c1. The van der Waals surface area contributed by atoms with Crippen LogP contribution in [-0.4, -0.2) is 32.1 Å². The molecule has 0 bridgehead atoms. The lowest BCUT2D eigenvalue weighted by Crippen LogP contribution is -2.16. The number of anilines is 1. The van der Waals surface area contributed by atoms with Crippen LogP contribution in [0.3, 0.4) is 0 Å². The molecule has 0 aliphatic rings. The third-order valence-corrected chi connectivity index (χ3v) is 2.91. The highest BCUT2D eigenvalue weighted by Gasteiger charge is 1.98. The molecule has 0 heterocycles. The molecule has 0 spiro atoms. The molecule has 0 saturated carbocycles. The first-order valence-electron chi connectivity index (χ1n) is 5.24. The molecule has 1 aromatic carbocycles. The zero-order valence-electron chi connectivity index (χ0n) is 9.68. The van der Waals surface area contributed by atoms with Crippen molar-refractivity contribution in [2.75, 3.05) is 32.5 Å². The van der Waals surface area contributed by atoms with E-state index in [2.05, 4.69) is 65.4 Å². The molecular weight excluding hydrogens is 252 g/mol. The lowest BCUT2D eigenvalue weighted by molar-refractivity contribution is 0.405. The number of benzene rings is 1. The Hall–Kier alpha value is -0.540. The highest BCUT2D eigenvalue weighted by Crippen LogP contribution is 2.23.